The molecule has 14 heteroatoms. The van der Waals surface area contributed by atoms with Crippen LogP contribution in [0.1, 0.15) is 17.8 Å². The van der Waals surface area contributed by atoms with Crippen molar-refractivity contribution in [1.82, 2.24) is 24.6 Å². The Balaban J connectivity index is 1.49. The minimum absolute atomic E-state index is 0.0626. The van der Waals surface area contributed by atoms with Crippen LogP contribution in [0.15, 0.2) is 59.8 Å². The van der Waals surface area contributed by atoms with E-state index in [0.29, 0.717) is 0 Å². The Bertz CT molecular complexity index is 1370. The van der Waals surface area contributed by atoms with E-state index in [1.807, 2.05) is 0 Å². The lowest BCUT2D eigenvalue weighted by molar-refractivity contribution is -0.141. The number of carbonyl (C=O) groups excluding carboxylic acids is 1. The fraction of sp³-hybridized carbons (Fsp3) is 0.273. The fourth-order valence-corrected chi connectivity index (χ4v) is 5.29. The maximum absolute atomic E-state index is 14.2. The lowest BCUT2D eigenvalue weighted by atomic mass is 10.2. The zero-order valence-electron chi connectivity index (χ0n) is 18.3. The Labute approximate surface area is 202 Å². The van der Waals surface area contributed by atoms with Gasteiger partial charge in [0.15, 0.2) is 0 Å². The molecule has 0 saturated carbocycles. The number of hydrogen-bond acceptors (Lipinski definition) is 6. The van der Waals surface area contributed by atoms with E-state index in [2.05, 4.69) is 20.3 Å². The van der Waals surface area contributed by atoms with Crippen molar-refractivity contribution in [2.45, 2.75) is 36.3 Å². The summed E-state index contributed by atoms with van der Waals surface area (Å²) < 4.78 is 92.8. The second-order valence-corrected chi connectivity index (χ2v) is 9.79. The summed E-state index contributed by atoms with van der Waals surface area (Å²) >= 11 is 0. The molecule has 190 valence electrons. The molecule has 0 bridgehead atoms. The first-order valence-corrected chi connectivity index (χ1v) is 11.9. The van der Waals surface area contributed by atoms with E-state index < -0.39 is 52.4 Å². The summed E-state index contributed by atoms with van der Waals surface area (Å²) in [7, 11) is -4.28. The number of alkyl halides is 4. The Morgan fingerprint density at radius 1 is 1.08 bits per heavy atom. The number of halogens is 5. The quantitative estimate of drug-likeness (QED) is 0.494. The molecule has 1 aliphatic rings. The van der Waals surface area contributed by atoms with Gasteiger partial charge in [-0.1, -0.05) is 6.07 Å². The molecule has 8 nitrogen and oxygen atoms in total. The van der Waals surface area contributed by atoms with Crippen molar-refractivity contribution in [1.29, 1.82) is 0 Å². The van der Waals surface area contributed by atoms with E-state index in [1.165, 1.54) is 18.2 Å². The van der Waals surface area contributed by atoms with Gasteiger partial charge in [-0.05, 0) is 42.5 Å². The third-order valence-corrected chi connectivity index (χ3v) is 7.29. The second kappa shape index (κ2) is 9.85. The van der Waals surface area contributed by atoms with E-state index in [-0.39, 0.29) is 34.9 Å². The van der Waals surface area contributed by atoms with Gasteiger partial charge < -0.3 is 5.32 Å². The molecule has 4 rings (SSSR count). The second-order valence-electron chi connectivity index (χ2n) is 7.90. The molecule has 3 heterocycles. The molecule has 3 aromatic rings. The predicted molar refractivity (Wildman–Crippen MR) is 116 cm³/mol. The number of benzene rings is 1. The zero-order chi connectivity index (χ0) is 26.1. The summed E-state index contributed by atoms with van der Waals surface area (Å²) in [5, 5.41) is 2.48. The van der Waals surface area contributed by atoms with Gasteiger partial charge in [-0.3, -0.25) is 4.79 Å². The molecule has 1 fully saturated rings. The van der Waals surface area contributed by atoms with Gasteiger partial charge in [0.25, 0.3) is 0 Å². The van der Waals surface area contributed by atoms with E-state index in [0.717, 1.165) is 41.0 Å². The number of nitrogens with zero attached hydrogens (tertiary/aromatic N) is 4. The van der Waals surface area contributed by atoms with Gasteiger partial charge >= 0.3 is 6.18 Å². The maximum Gasteiger partial charge on any atom is 0.433 e. The van der Waals surface area contributed by atoms with Crippen LogP contribution >= 0.6 is 0 Å². The summed E-state index contributed by atoms with van der Waals surface area (Å²) in [5.41, 5.74) is -0.883. The van der Waals surface area contributed by atoms with E-state index in [4.69, 9.17) is 0 Å². The minimum atomic E-state index is -4.64. The van der Waals surface area contributed by atoms with Crippen molar-refractivity contribution in [2.24, 2.45) is 0 Å². The van der Waals surface area contributed by atoms with Crippen molar-refractivity contribution >= 4 is 15.9 Å². The molecule has 0 spiro atoms. The smallest absolute Gasteiger partial charge is 0.349 e. The molecule has 0 aliphatic carbocycles. The summed E-state index contributed by atoms with van der Waals surface area (Å²) in [4.78, 5) is 23.9. The van der Waals surface area contributed by atoms with E-state index in [1.54, 1.807) is 0 Å². The number of pyridine rings is 1. The van der Waals surface area contributed by atoms with Crippen LogP contribution < -0.4 is 5.32 Å². The zero-order valence-corrected chi connectivity index (χ0v) is 19.1. The fourth-order valence-electron chi connectivity index (χ4n) is 3.67. The highest BCUT2D eigenvalue weighted by Crippen LogP contribution is 2.30. The standard InChI is InChI=1S/C22H18F5N5O3S/c23-13-4-6-16(7-5-13)36(34,35)32-11-14(24)8-19(32)21(33)28-10-15-9-18(30-12-29-15)17-2-1-3-20(31-17)22(25,26)27/h1-7,9,12,14,19H,8,10-11H2,(H,28,33)/t14-,19-/m0/s1. The average molecular weight is 527 g/mol. The number of hydrogen-bond donors (Lipinski definition) is 1. The number of amides is 1. The summed E-state index contributed by atoms with van der Waals surface area (Å²) in [5.74, 6) is -1.45. The van der Waals surface area contributed by atoms with Crippen LogP contribution in [0.3, 0.4) is 0 Å². The molecule has 2 aromatic heterocycles. The molecule has 1 saturated heterocycles. The Kier molecular flexibility index (Phi) is 7.00. The predicted octanol–water partition coefficient (Wildman–Crippen LogP) is 3.11. The summed E-state index contributed by atoms with van der Waals surface area (Å²) in [6, 6.07) is 7.22. The third-order valence-electron chi connectivity index (χ3n) is 5.40. The first kappa shape index (κ1) is 25.6. The van der Waals surface area contributed by atoms with Gasteiger partial charge in [0, 0.05) is 13.0 Å². The molecule has 0 unspecified atom stereocenters. The summed E-state index contributed by atoms with van der Waals surface area (Å²) in [6.45, 7) is -0.776. The average Bonchev–Trinajstić information content (AvgIpc) is 3.25. The van der Waals surface area contributed by atoms with Gasteiger partial charge in [-0.25, -0.2) is 32.2 Å². The van der Waals surface area contributed by atoms with E-state index in [9.17, 15) is 35.2 Å². The molecule has 36 heavy (non-hydrogen) atoms. The van der Waals surface area contributed by atoms with Crippen molar-refractivity contribution < 1.29 is 35.2 Å². The molecule has 2 atom stereocenters. The lowest BCUT2D eigenvalue weighted by Crippen LogP contribution is -2.45. The Hall–Kier alpha value is -3.52. The van der Waals surface area contributed by atoms with Crippen LogP contribution in [0.2, 0.25) is 0 Å². The van der Waals surface area contributed by atoms with Gasteiger partial charge in [0.05, 0.1) is 28.5 Å². The molecule has 1 N–H and O–H groups in total. The molecule has 0 radical (unpaired) electrons. The Morgan fingerprint density at radius 3 is 2.50 bits per heavy atom. The molecule has 1 aliphatic heterocycles. The first-order chi connectivity index (χ1) is 16.9. The van der Waals surface area contributed by atoms with E-state index >= 15 is 0 Å². The SMILES string of the molecule is O=C(NCc1cc(-c2cccc(C(F)(F)F)n2)ncn1)[C@@H]1C[C@H](F)CN1S(=O)(=O)c1ccc(F)cc1. The number of carbonyl (C=O) groups is 1. The van der Waals surface area contributed by atoms with Crippen molar-refractivity contribution in [2.75, 3.05) is 6.54 Å². The van der Waals surface area contributed by atoms with Crippen molar-refractivity contribution in [3.05, 3.63) is 72.1 Å². The highest BCUT2D eigenvalue weighted by atomic mass is 32.2. The monoisotopic (exact) mass is 527 g/mol. The van der Waals surface area contributed by atoms with Crippen LogP contribution in [0.5, 0.6) is 0 Å². The Morgan fingerprint density at radius 2 is 1.81 bits per heavy atom. The molecule has 1 amide bonds. The topological polar surface area (TPSA) is 105 Å². The summed E-state index contributed by atoms with van der Waals surface area (Å²) in [6.07, 6.45) is -5.53. The number of nitrogens with one attached hydrogen (secondary N) is 1. The van der Waals surface area contributed by atoms with Crippen LogP contribution in [0, 0.1) is 5.82 Å². The van der Waals surface area contributed by atoms with Crippen molar-refractivity contribution in [3.8, 4) is 11.4 Å². The van der Waals surface area contributed by atoms with Crippen LogP contribution in [0.4, 0.5) is 22.0 Å². The normalized spacial score (nSPS) is 18.8. The first-order valence-electron chi connectivity index (χ1n) is 10.5. The maximum atomic E-state index is 14.2. The largest absolute Gasteiger partial charge is 0.433 e. The van der Waals surface area contributed by atoms with Crippen LogP contribution in [0.25, 0.3) is 11.4 Å². The highest BCUT2D eigenvalue weighted by molar-refractivity contribution is 7.89. The lowest BCUT2D eigenvalue weighted by Gasteiger charge is -2.23. The van der Waals surface area contributed by atoms with Gasteiger partial charge in [-0.2, -0.15) is 17.5 Å². The molecular formula is C22H18F5N5O3S. The number of rotatable bonds is 6. The van der Waals surface area contributed by atoms with Gasteiger partial charge in [0.2, 0.25) is 15.9 Å². The number of aromatic nitrogens is 3. The third kappa shape index (κ3) is 5.49. The minimum Gasteiger partial charge on any atom is -0.349 e. The van der Waals surface area contributed by atoms with Crippen LogP contribution in [-0.4, -0.2) is 52.3 Å². The van der Waals surface area contributed by atoms with Gasteiger partial charge in [0.1, 0.15) is 30.1 Å². The van der Waals surface area contributed by atoms with Crippen molar-refractivity contribution in [3.63, 3.8) is 0 Å². The highest BCUT2D eigenvalue weighted by Gasteiger charge is 2.44. The molecular weight excluding hydrogens is 509 g/mol. The van der Waals surface area contributed by atoms with Gasteiger partial charge in [-0.15, -0.1) is 0 Å². The van der Waals surface area contributed by atoms with Crippen LogP contribution in [-0.2, 0) is 27.5 Å². The number of sulfonamides is 1. The molecule has 1 aromatic carbocycles.